The SMILES string of the molecule is O=C(Oc1c[nH]c2cncnc12)N1CCCCC1. The van der Waals surface area contributed by atoms with Gasteiger partial charge in [-0.05, 0) is 19.3 Å². The lowest BCUT2D eigenvalue weighted by molar-refractivity contribution is 0.143. The number of ether oxygens (including phenoxy) is 1. The van der Waals surface area contributed by atoms with E-state index in [1.807, 2.05) is 0 Å². The van der Waals surface area contributed by atoms with Crippen LogP contribution in [0.25, 0.3) is 11.0 Å². The molecule has 0 unspecified atom stereocenters. The lowest BCUT2D eigenvalue weighted by Crippen LogP contribution is -2.37. The molecule has 0 bridgehead atoms. The highest BCUT2D eigenvalue weighted by Crippen LogP contribution is 2.23. The first kappa shape index (κ1) is 11.0. The van der Waals surface area contributed by atoms with E-state index in [1.165, 1.54) is 12.7 Å². The second kappa shape index (κ2) is 4.64. The number of aromatic nitrogens is 3. The zero-order valence-electron chi connectivity index (χ0n) is 9.93. The van der Waals surface area contributed by atoms with E-state index in [0.29, 0.717) is 11.3 Å². The van der Waals surface area contributed by atoms with Crippen LogP contribution >= 0.6 is 0 Å². The number of hydrogen-bond acceptors (Lipinski definition) is 4. The van der Waals surface area contributed by atoms with Gasteiger partial charge in [-0.2, -0.15) is 0 Å². The Morgan fingerprint density at radius 3 is 3.00 bits per heavy atom. The molecule has 1 fully saturated rings. The molecule has 1 aliphatic rings. The lowest BCUT2D eigenvalue weighted by atomic mass is 10.1. The van der Waals surface area contributed by atoms with Gasteiger partial charge in [0.05, 0.1) is 11.7 Å². The summed E-state index contributed by atoms with van der Waals surface area (Å²) in [5, 5.41) is 0. The van der Waals surface area contributed by atoms with Crippen molar-refractivity contribution in [2.24, 2.45) is 0 Å². The van der Waals surface area contributed by atoms with Crippen molar-refractivity contribution in [1.82, 2.24) is 19.9 Å². The number of H-pyrrole nitrogens is 1. The van der Waals surface area contributed by atoms with Crippen molar-refractivity contribution >= 4 is 17.1 Å². The van der Waals surface area contributed by atoms with Crippen molar-refractivity contribution in [2.75, 3.05) is 13.1 Å². The first-order valence-electron chi connectivity index (χ1n) is 6.08. The number of piperidine rings is 1. The van der Waals surface area contributed by atoms with Gasteiger partial charge in [-0.25, -0.2) is 14.8 Å². The fourth-order valence-electron chi connectivity index (χ4n) is 2.16. The van der Waals surface area contributed by atoms with Gasteiger partial charge < -0.3 is 14.6 Å². The third-order valence-electron chi connectivity index (χ3n) is 3.12. The molecule has 3 heterocycles. The van der Waals surface area contributed by atoms with Gasteiger partial charge >= 0.3 is 6.09 Å². The number of amides is 1. The Bertz CT molecular complexity index is 560. The molecule has 6 nitrogen and oxygen atoms in total. The highest BCUT2D eigenvalue weighted by Gasteiger charge is 2.19. The van der Waals surface area contributed by atoms with Gasteiger partial charge in [0.2, 0.25) is 0 Å². The minimum atomic E-state index is -0.297. The molecule has 1 amide bonds. The Kier molecular flexibility index (Phi) is 2.84. The molecular weight excluding hydrogens is 232 g/mol. The number of fused-ring (bicyclic) bond motifs is 1. The average molecular weight is 246 g/mol. The molecule has 0 spiro atoms. The molecule has 1 aliphatic heterocycles. The van der Waals surface area contributed by atoms with Crippen LogP contribution in [0.15, 0.2) is 18.7 Å². The van der Waals surface area contributed by atoms with E-state index < -0.39 is 0 Å². The summed E-state index contributed by atoms with van der Waals surface area (Å²) in [4.78, 5) is 24.7. The average Bonchev–Trinajstić information content (AvgIpc) is 2.83. The van der Waals surface area contributed by atoms with Gasteiger partial charge in [-0.15, -0.1) is 0 Å². The molecule has 0 aliphatic carbocycles. The third kappa shape index (κ3) is 2.01. The summed E-state index contributed by atoms with van der Waals surface area (Å²) in [7, 11) is 0. The minimum Gasteiger partial charge on any atom is -0.406 e. The van der Waals surface area contributed by atoms with Crippen molar-refractivity contribution < 1.29 is 9.53 Å². The molecule has 18 heavy (non-hydrogen) atoms. The van der Waals surface area contributed by atoms with E-state index in [1.54, 1.807) is 17.3 Å². The van der Waals surface area contributed by atoms with Crippen LogP contribution in [0.4, 0.5) is 4.79 Å². The predicted molar refractivity (Wildman–Crippen MR) is 65.3 cm³/mol. The van der Waals surface area contributed by atoms with Crippen LogP contribution < -0.4 is 4.74 Å². The number of rotatable bonds is 1. The number of aromatic amines is 1. The topological polar surface area (TPSA) is 71.1 Å². The molecule has 94 valence electrons. The van der Waals surface area contributed by atoms with Gasteiger partial charge in [0, 0.05) is 19.3 Å². The normalized spacial score (nSPS) is 15.9. The maximum Gasteiger partial charge on any atom is 0.415 e. The van der Waals surface area contributed by atoms with Crippen molar-refractivity contribution in [1.29, 1.82) is 0 Å². The summed E-state index contributed by atoms with van der Waals surface area (Å²) in [6.07, 6.45) is 7.71. The zero-order valence-corrected chi connectivity index (χ0v) is 9.93. The largest absolute Gasteiger partial charge is 0.415 e. The fraction of sp³-hybridized carbons (Fsp3) is 0.417. The van der Waals surface area contributed by atoms with E-state index in [-0.39, 0.29) is 6.09 Å². The van der Waals surface area contributed by atoms with E-state index in [2.05, 4.69) is 15.0 Å². The number of carbonyl (C=O) groups excluding carboxylic acids is 1. The number of nitrogens with zero attached hydrogens (tertiary/aromatic N) is 3. The molecule has 1 N–H and O–H groups in total. The first-order valence-corrected chi connectivity index (χ1v) is 6.08. The van der Waals surface area contributed by atoms with Crippen LogP contribution in [-0.4, -0.2) is 39.0 Å². The predicted octanol–water partition coefficient (Wildman–Crippen LogP) is 1.94. The second-order valence-electron chi connectivity index (χ2n) is 4.35. The highest BCUT2D eigenvalue weighted by atomic mass is 16.6. The molecule has 0 aromatic carbocycles. The molecule has 6 heteroatoms. The number of carbonyl (C=O) groups is 1. The summed E-state index contributed by atoms with van der Waals surface area (Å²) >= 11 is 0. The molecular formula is C12H14N4O2. The van der Waals surface area contributed by atoms with E-state index in [4.69, 9.17) is 4.74 Å². The summed E-state index contributed by atoms with van der Waals surface area (Å²) < 4.78 is 5.37. The monoisotopic (exact) mass is 246 g/mol. The van der Waals surface area contributed by atoms with Gasteiger partial charge in [0.25, 0.3) is 0 Å². The Labute approximate surface area is 104 Å². The molecule has 1 saturated heterocycles. The molecule has 3 rings (SSSR count). The fourth-order valence-corrected chi connectivity index (χ4v) is 2.16. The van der Waals surface area contributed by atoms with E-state index in [0.717, 1.165) is 31.4 Å². The first-order chi connectivity index (χ1) is 8.84. The summed E-state index contributed by atoms with van der Waals surface area (Å²) in [5.41, 5.74) is 1.40. The second-order valence-corrected chi connectivity index (χ2v) is 4.35. The zero-order chi connectivity index (χ0) is 12.4. The quantitative estimate of drug-likeness (QED) is 0.834. The van der Waals surface area contributed by atoms with Gasteiger partial charge in [-0.3, -0.25) is 0 Å². The Morgan fingerprint density at radius 2 is 2.17 bits per heavy atom. The summed E-state index contributed by atoms with van der Waals surface area (Å²) in [5.74, 6) is 0.461. The van der Waals surface area contributed by atoms with Gasteiger partial charge in [-0.1, -0.05) is 0 Å². The van der Waals surface area contributed by atoms with Crippen LogP contribution in [0.1, 0.15) is 19.3 Å². The highest BCUT2D eigenvalue weighted by molar-refractivity contribution is 5.84. The molecule has 0 saturated carbocycles. The smallest absolute Gasteiger partial charge is 0.406 e. The molecule has 0 atom stereocenters. The molecule has 0 radical (unpaired) electrons. The third-order valence-corrected chi connectivity index (χ3v) is 3.12. The minimum absolute atomic E-state index is 0.297. The van der Waals surface area contributed by atoms with Crippen LogP contribution in [0, 0.1) is 0 Å². The Morgan fingerprint density at radius 1 is 1.33 bits per heavy atom. The standard InChI is InChI=1S/C12H14N4O2/c17-12(16-4-2-1-3-5-16)18-10-7-14-9-6-13-8-15-11(9)10/h6-8,14H,1-5H2. The van der Waals surface area contributed by atoms with E-state index >= 15 is 0 Å². The number of nitrogens with one attached hydrogen (secondary N) is 1. The van der Waals surface area contributed by atoms with Crippen molar-refractivity contribution in [3.05, 3.63) is 18.7 Å². The number of likely N-dealkylation sites (tertiary alicyclic amines) is 1. The van der Waals surface area contributed by atoms with Crippen molar-refractivity contribution in [3.63, 3.8) is 0 Å². The van der Waals surface area contributed by atoms with Crippen molar-refractivity contribution in [3.8, 4) is 5.75 Å². The van der Waals surface area contributed by atoms with Crippen LogP contribution in [-0.2, 0) is 0 Å². The van der Waals surface area contributed by atoms with Gasteiger partial charge in [0.15, 0.2) is 5.75 Å². The number of hydrogen-bond donors (Lipinski definition) is 1. The van der Waals surface area contributed by atoms with Crippen LogP contribution in [0.5, 0.6) is 5.75 Å². The maximum absolute atomic E-state index is 12.0. The van der Waals surface area contributed by atoms with Crippen molar-refractivity contribution in [2.45, 2.75) is 19.3 Å². The van der Waals surface area contributed by atoms with Crippen LogP contribution in [0.3, 0.4) is 0 Å². The lowest BCUT2D eigenvalue weighted by Gasteiger charge is -2.25. The van der Waals surface area contributed by atoms with Crippen LogP contribution in [0.2, 0.25) is 0 Å². The summed E-state index contributed by atoms with van der Waals surface area (Å²) in [6, 6.07) is 0. The maximum atomic E-state index is 12.0. The Hall–Kier alpha value is -2.11. The summed E-state index contributed by atoms with van der Waals surface area (Å²) in [6.45, 7) is 1.55. The molecule has 2 aromatic rings. The van der Waals surface area contributed by atoms with E-state index in [9.17, 15) is 4.79 Å². The molecule has 2 aromatic heterocycles. The van der Waals surface area contributed by atoms with Gasteiger partial charge in [0.1, 0.15) is 11.8 Å². The Balaban J connectivity index is 1.77.